The first-order valence-electron chi connectivity index (χ1n) is 6.33. The largest absolute Gasteiger partial charge is 0.497 e. The molecular formula is C14H22BrNO2. The maximum atomic E-state index is 5.71. The van der Waals surface area contributed by atoms with E-state index in [4.69, 9.17) is 9.47 Å². The molecule has 0 heterocycles. The van der Waals surface area contributed by atoms with Gasteiger partial charge in [-0.05, 0) is 53.5 Å². The fraction of sp³-hybridized carbons (Fsp3) is 0.571. The summed E-state index contributed by atoms with van der Waals surface area (Å²) < 4.78 is 11.8. The van der Waals surface area contributed by atoms with E-state index in [9.17, 15) is 0 Å². The number of halogens is 1. The third kappa shape index (κ3) is 5.74. The minimum absolute atomic E-state index is 0.557. The molecule has 0 aliphatic heterocycles. The molecule has 0 saturated carbocycles. The van der Waals surface area contributed by atoms with Crippen LogP contribution in [0.3, 0.4) is 0 Å². The Balaban J connectivity index is 2.23. The smallest absolute Gasteiger partial charge is 0.133 e. The van der Waals surface area contributed by atoms with Gasteiger partial charge in [-0.15, -0.1) is 0 Å². The highest BCUT2D eigenvalue weighted by Crippen LogP contribution is 2.29. The van der Waals surface area contributed by atoms with E-state index < -0.39 is 0 Å². The predicted octanol–water partition coefficient (Wildman–Crippen LogP) is 3.61. The van der Waals surface area contributed by atoms with Crippen molar-refractivity contribution >= 4 is 15.9 Å². The molecule has 0 aliphatic carbocycles. The lowest BCUT2D eigenvalue weighted by Crippen LogP contribution is -2.23. The fourth-order valence-corrected chi connectivity index (χ4v) is 2.00. The number of hydrogen-bond acceptors (Lipinski definition) is 3. The van der Waals surface area contributed by atoms with Crippen molar-refractivity contribution in [1.82, 2.24) is 5.32 Å². The SMILES string of the molecule is COc1ccc(OCCCCNC(C)C)c(Br)c1. The molecule has 0 saturated heterocycles. The van der Waals surface area contributed by atoms with Gasteiger partial charge in [0, 0.05) is 6.04 Å². The van der Waals surface area contributed by atoms with Gasteiger partial charge >= 0.3 is 0 Å². The number of nitrogens with one attached hydrogen (secondary N) is 1. The van der Waals surface area contributed by atoms with Crippen molar-refractivity contribution < 1.29 is 9.47 Å². The molecule has 18 heavy (non-hydrogen) atoms. The van der Waals surface area contributed by atoms with Crippen LogP contribution >= 0.6 is 15.9 Å². The molecule has 0 fully saturated rings. The lowest BCUT2D eigenvalue weighted by Gasteiger charge is -2.10. The Labute approximate surface area is 118 Å². The molecule has 0 aromatic heterocycles. The van der Waals surface area contributed by atoms with Crippen LogP contribution in [0.5, 0.6) is 11.5 Å². The predicted molar refractivity (Wildman–Crippen MR) is 78.6 cm³/mol. The lowest BCUT2D eigenvalue weighted by atomic mass is 10.3. The van der Waals surface area contributed by atoms with Crippen LogP contribution in [0.2, 0.25) is 0 Å². The average molecular weight is 316 g/mol. The fourth-order valence-electron chi connectivity index (χ4n) is 1.53. The molecule has 0 radical (unpaired) electrons. The molecule has 0 bridgehead atoms. The van der Waals surface area contributed by atoms with Gasteiger partial charge < -0.3 is 14.8 Å². The number of benzene rings is 1. The van der Waals surface area contributed by atoms with Crippen molar-refractivity contribution in [3.8, 4) is 11.5 Å². The van der Waals surface area contributed by atoms with Gasteiger partial charge in [-0.2, -0.15) is 0 Å². The number of unbranched alkanes of at least 4 members (excludes halogenated alkanes) is 1. The van der Waals surface area contributed by atoms with E-state index in [-0.39, 0.29) is 0 Å². The van der Waals surface area contributed by atoms with Gasteiger partial charge in [0.15, 0.2) is 0 Å². The molecule has 0 unspecified atom stereocenters. The molecular weight excluding hydrogens is 294 g/mol. The molecule has 1 N–H and O–H groups in total. The van der Waals surface area contributed by atoms with Crippen molar-refractivity contribution in [3.63, 3.8) is 0 Å². The van der Waals surface area contributed by atoms with Crippen molar-refractivity contribution in [1.29, 1.82) is 0 Å². The minimum Gasteiger partial charge on any atom is -0.497 e. The molecule has 0 spiro atoms. The molecule has 0 amide bonds. The van der Waals surface area contributed by atoms with Crippen molar-refractivity contribution in [3.05, 3.63) is 22.7 Å². The molecule has 4 heteroatoms. The highest BCUT2D eigenvalue weighted by atomic mass is 79.9. The van der Waals surface area contributed by atoms with Crippen LogP contribution in [-0.2, 0) is 0 Å². The zero-order valence-electron chi connectivity index (χ0n) is 11.3. The van der Waals surface area contributed by atoms with E-state index >= 15 is 0 Å². The van der Waals surface area contributed by atoms with E-state index in [1.165, 1.54) is 0 Å². The number of ether oxygens (including phenoxy) is 2. The summed E-state index contributed by atoms with van der Waals surface area (Å²) >= 11 is 3.47. The number of hydrogen-bond donors (Lipinski definition) is 1. The van der Waals surface area contributed by atoms with Crippen LogP contribution in [0.4, 0.5) is 0 Å². The Morgan fingerprint density at radius 3 is 2.67 bits per heavy atom. The van der Waals surface area contributed by atoms with Gasteiger partial charge in [0.05, 0.1) is 18.2 Å². The Kier molecular flexibility index (Phi) is 7.13. The van der Waals surface area contributed by atoms with Gasteiger partial charge in [-0.3, -0.25) is 0 Å². The Morgan fingerprint density at radius 1 is 1.28 bits per heavy atom. The van der Waals surface area contributed by atoms with E-state index in [0.717, 1.165) is 42.0 Å². The molecule has 102 valence electrons. The van der Waals surface area contributed by atoms with E-state index in [1.54, 1.807) is 7.11 Å². The first-order chi connectivity index (χ1) is 8.63. The van der Waals surface area contributed by atoms with Gasteiger partial charge in [0.1, 0.15) is 11.5 Å². The summed E-state index contributed by atoms with van der Waals surface area (Å²) in [7, 11) is 1.66. The molecule has 1 aromatic carbocycles. The maximum absolute atomic E-state index is 5.71. The molecule has 1 rings (SSSR count). The summed E-state index contributed by atoms with van der Waals surface area (Å²) in [5.74, 6) is 1.70. The standard InChI is InChI=1S/C14H22BrNO2/c1-11(2)16-8-4-5-9-18-14-7-6-12(17-3)10-13(14)15/h6-7,10-11,16H,4-5,8-9H2,1-3H3. The number of methoxy groups -OCH3 is 1. The average Bonchev–Trinajstić information content (AvgIpc) is 2.34. The molecule has 3 nitrogen and oxygen atoms in total. The molecule has 1 aromatic rings. The van der Waals surface area contributed by atoms with Crippen molar-refractivity contribution in [2.45, 2.75) is 32.7 Å². The Hall–Kier alpha value is -0.740. The van der Waals surface area contributed by atoms with Crippen LogP contribution in [0, 0.1) is 0 Å². The van der Waals surface area contributed by atoms with Crippen LogP contribution in [0.1, 0.15) is 26.7 Å². The quantitative estimate of drug-likeness (QED) is 0.743. The number of rotatable bonds is 8. The van der Waals surface area contributed by atoms with Crippen molar-refractivity contribution in [2.24, 2.45) is 0 Å². The zero-order chi connectivity index (χ0) is 13.4. The highest BCUT2D eigenvalue weighted by molar-refractivity contribution is 9.10. The summed E-state index contributed by atoms with van der Waals surface area (Å²) in [4.78, 5) is 0. The Morgan fingerprint density at radius 2 is 2.06 bits per heavy atom. The van der Waals surface area contributed by atoms with Gasteiger partial charge in [0.25, 0.3) is 0 Å². The van der Waals surface area contributed by atoms with Crippen molar-refractivity contribution in [2.75, 3.05) is 20.3 Å². The van der Waals surface area contributed by atoms with Gasteiger partial charge in [-0.1, -0.05) is 13.8 Å². The zero-order valence-corrected chi connectivity index (χ0v) is 12.9. The summed E-state index contributed by atoms with van der Waals surface area (Å²) in [6.45, 7) is 6.10. The molecule has 0 aliphatic rings. The summed E-state index contributed by atoms with van der Waals surface area (Å²) in [6.07, 6.45) is 2.18. The van der Waals surface area contributed by atoms with Gasteiger partial charge in [0.2, 0.25) is 0 Å². The second-order valence-corrected chi connectivity index (χ2v) is 5.32. The Bertz CT molecular complexity index is 356. The van der Waals surface area contributed by atoms with Crippen LogP contribution < -0.4 is 14.8 Å². The summed E-state index contributed by atoms with van der Waals surface area (Å²) in [6, 6.07) is 6.30. The van der Waals surface area contributed by atoms with E-state index in [0.29, 0.717) is 6.04 Å². The minimum atomic E-state index is 0.557. The normalized spacial score (nSPS) is 10.7. The maximum Gasteiger partial charge on any atom is 0.133 e. The first kappa shape index (κ1) is 15.3. The van der Waals surface area contributed by atoms with Gasteiger partial charge in [-0.25, -0.2) is 0 Å². The first-order valence-corrected chi connectivity index (χ1v) is 7.12. The lowest BCUT2D eigenvalue weighted by molar-refractivity contribution is 0.302. The second kappa shape index (κ2) is 8.38. The van der Waals surface area contributed by atoms with Crippen LogP contribution in [-0.4, -0.2) is 26.3 Å². The monoisotopic (exact) mass is 315 g/mol. The second-order valence-electron chi connectivity index (χ2n) is 4.46. The summed E-state index contributed by atoms with van der Waals surface area (Å²) in [5, 5.41) is 3.39. The van der Waals surface area contributed by atoms with Crippen LogP contribution in [0.25, 0.3) is 0 Å². The van der Waals surface area contributed by atoms with Crippen LogP contribution in [0.15, 0.2) is 22.7 Å². The van der Waals surface area contributed by atoms with E-state index in [1.807, 2.05) is 18.2 Å². The summed E-state index contributed by atoms with van der Waals surface area (Å²) in [5.41, 5.74) is 0. The third-order valence-corrected chi connectivity index (χ3v) is 3.14. The third-order valence-electron chi connectivity index (χ3n) is 2.52. The topological polar surface area (TPSA) is 30.5 Å². The highest BCUT2D eigenvalue weighted by Gasteiger charge is 2.02. The van der Waals surface area contributed by atoms with E-state index in [2.05, 4.69) is 35.1 Å². The molecule has 0 atom stereocenters.